The van der Waals surface area contributed by atoms with Crippen LogP contribution in [0.15, 0.2) is 34.7 Å². The number of thiazole rings is 1. The van der Waals surface area contributed by atoms with Crippen LogP contribution in [-0.2, 0) is 5.75 Å². The van der Waals surface area contributed by atoms with E-state index in [1.807, 2.05) is 24.5 Å². The van der Waals surface area contributed by atoms with Crippen molar-refractivity contribution in [2.24, 2.45) is 0 Å². The molecule has 21 heavy (non-hydrogen) atoms. The number of hydrogen-bond acceptors (Lipinski definition) is 5. The summed E-state index contributed by atoms with van der Waals surface area (Å²) in [4.78, 5) is 16.4. The van der Waals surface area contributed by atoms with Crippen LogP contribution in [0.1, 0.15) is 16.3 Å². The first-order valence-electron chi connectivity index (χ1n) is 6.11. The van der Waals surface area contributed by atoms with E-state index in [0.717, 1.165) is 21.7 Å². The molecular weight excluding hydrogens is 328 g/mol. The molecule has 108 valence electrons. The summed E-state index contributed by atoms with van der Waals surface area (Å²) < 4.78 is 6.40. The van der Waals surface area contributed by atoms with Gasteiger partial charge in [-0.3, -0.25) is 10.1 Å². The van der Waals surface area contributed by atoms with E-state index in [2.05, 4.69) is 10.3 Å². The number of carbonyl (C=O) groups excluding carboxylic acids is 1. The Hall–Kier alpha value is -1.50. The maximum atomic E-state index is 12.1. The normalized spacial score (nSPS) is 11.0. The quantitative estimate of drug-likeness (QED) is 0.751. The van der Waals surface area contributed by atoms with Crippen LogP contribution in [0.2, 0.25) is 5.02 Å². The van der Waals surface area contributed by atoms with Crippen molar-refractivity contribution in [1.29, 1.82) is 0 Å². The first kappa shape index (κ1) is 14.4. The number of nitrogens with one attached hydrogen (secondary N) is 1. The largest absolute Gasteiger partial charge is 0.455 e. The minimum atomic E-state index is -0.299. The van der Waals surface area contributed by atoms with E-state index in [1.165, 1.54) is 11.3 Å². The van der Waals surface area contributed by atoms with E-state index >= 15 is 0 Å². The van der Waals surface area contributed by atoms with Gasteiger partial charge in [0.1, 0.15) is 5.76 Å². The third kappa shape index (κ3) is 3.23. The molecule has 0 aliphatic heterocycles. The Balaban J connectivity index is 1.78. The number of anilines is 1. The highest BCUT2D eigenvalue weighted by atomic mass is 35.5. The SMILES string of the molecule is CSCc1ccc(C(=O)Nc2nc3ccc(Cl)cc3s2)o1. The zero-order chi connectivity index (χ0) is 14.8. The fourth-order valence-corrected chi connectivity index (χ4v) is 3.41. The van der Waals surface area contributed by atoms with Crippen LogP contribution in [0.25, 0.3) is 10.2 Å². The van der Waals surface area contributed by atoms with Gasteiger partial charge in [-0.1, -0.05) is 22.9 Å². The van der Waals surface area contributed by atoms with Gasteiger partial charge in [0.25, 0.3) is 5.91 Å². The fourth-order valence-electron chi connectivity index (χ4n) is 1.83. The van der Waals surface area contributed by atoms with Gasteiger partial charge in [0.05, 0.1) is 16.0 Å². The van der Waals surface area contributed by atoms with Gasteiger partial charge >= 0.3 is 0 Å². The van der Waals surface area contributed by atoms with Crippen LogP contribution < -0.4 is 5.32 Å². The van der Waals surface area contributed by atoms with Gasteiger partial charge in [-0.15, -0.1) is 0 Å². The van der Waals surface area contributed by atoms with Gasteiger partial charge in [0.2, 0.25) is 0 Å². The molecule has 2 heterocycles. The van der Waals surface area contributed by atoms with Gasteiger partial charge in [-0.05, 0) is 36.6 Å². The first-order valence-corrected chi connectivity index (χ1v) is 8.69. The molecule has 7 heteroatoms. The summed E-state index contributed by atoms with van der Waals surface area (Å²) in [6.07, 6.45) is 1.98. The molecule has 1 N–H and O–H groups in total. The number of hydrogen-bond donors (Lipinski definition) is 1. The standard InChI is InChI=1S/C14H11ClN2O2S2/c1-20-7-9-3-5-11(19-9)13(18)17-14-16-10-4-2-8(15)6-12(10)21-14/h2-6H,7H2,1H3,(H,16,17,18). The summed E-state index contributed by atoms with van der Waals surface area (Å²) in [6.45, 7) is 0. The zero-order valence-electron chi connectivity index (χ0n) is 11.1. The predicted octanol–water partition coefficient (Wildman–Crippen LogP) is 4.66. The zero-order valence-corrected chi connectivity index (χ0v) is 13.4. The lowest BCUT2D eigenvalue weighted by atomic mass is 10.3. The average Bonchev–Trinajstić information content (AvgIpc) is 3.05. The van der Waals surface area contributed by atoms with Gasteiger partial charge in [-0.25, -0.2) is 4.98 Å². The van der Waals surface area contributed by atoms with E-state index < -0.39 is 0 Å². The lowest BCUT2D eigenvalue weighted by Gasteiger charge is -1.97. The van der Waals surface area contributed by atoms with Crippen molar-refractivity contribution in [2.45, 2.75) is 5.75 Å². The van der Waals surface area contributed by atoms with Crippen molar-refractivity contribution in [3.63, 3.8) is 0 Å². The molecule has 0 radical (unpaired) electrons. The molecule has 2 aromatic heterocycles. The van der Waals surface area contributed by atoms with Gasteiger partial charge in [0.15, 0.2) is 10.9 Å². The van der Waals surface area contributed by atoms with E-state index in [9.17, 15) is 4.79 Å². The monoisotopic (exact) mass is 338 g/mol. The fraction of sp³-hybridized carbons (Fsp3) is 0.143. The second-order valence-corrected chi connectivity index (χ2v) is 6.62. The summed E-state index contributed by atoms with van der Waals surface area (Å²) in [5.74, 6) is 1.51. The molecule has 0 atom stereocenters. The molecule has 3 rings (SSSR count). The van der Waals surface area contributed by atoms with E-state index in [0.29, 0.717) is 10.2 Å². The maximum Gasteiger partial charge on any atom is 0.293 e. The second-order valence-electron chi connectivity index (χ2n) is 4.28. The molecule has 0 saturated carbocycles. The maximum absolute atomic E-state index is 12.1. The Bertz CT molecular complexity index is 797. The topological polar surface area (TPSA) is 55.1 Å². The number of carbonyl (C=O) groups is 1. The van der Waals surface area contributed by atoms with Crippen molar-refractivity contribution < 1.29 is 9.21 Å². The number of benzene rings is 1. The first-order chi connectivity index (χ1) is 10.2. The number of rotatable bonds is 4. The molecule has 1 aromatic carbocycles. The molecular formula is C14H11ClN2O2S2. The van der Waals surface area contributed by atoms with Gasteiger partial charge in [0, 0.05) is 5.02 Å². The van der Waals surface area contributed by atoms with Crippen molar-refractivity contribution in [3.8, 4) is 0 Å². The average molecular weight is 339 g/mol. The van der Waals surface area contributed by atoms with Crippen LogP contribution in [0.3, 0.4) is 0 Å². The number of fused-ring (bicyclic) bond motifs is 1. The van der Waals surface area contributed by atoms with Gasteiger partial charge < -0.3 is 4.42 Å². The number of nitrogens with zero attached hydrogens (tertiary/aromatic N) is 1. The van der Waals surface area contributed by atoms with E-state index in [4.69, 9.17) is 16.0 Å². The summed E-state index contributed by atoms with van der Waals surface area (Å²) in [5.41, 5.74) is 0.808. The summed E-state index contributed by atoms with van der Waals surface area (Å²) in [5, 5.41) is 3.93. The van der Waals surface area contributed by atoms with Crippen LogP contribution in [0.5, 0.6) is 0 Å². The number of furan rings is 1. The van der Waals surface area contributed by atoms with Crippen LogP contribution >= 0.6 is 34.7 Å². The van der Waals surface area contributed by atoms with Crippen LogP contribution in [0, 0.1) is 0 Å². The predicted molar refractivity (Wildman–Crippen MR) is 88.5 cm³/mol. The minimum Gasteiger partial charge on any atom is -0.455 e. The molecule has 0 bridgehead atoms. The molecule has 1 amide bonds. The highest BCUT2D eigenvalue weighted by Gasteiger charge is 2.13. The molecule has 0 aliphatic carbocycles. The highest BCUT2D eigenvalue weighted by Crippen LogP contribution is 2.28. The molecule has 0 fully saturated rings. The molecule has 0 unspecified atom stereocenters. The van der Waals surface area contributed by atoms with E-state index in [-0.39, 0.29) is 11.7 Å². The van der Waals surface area contributed by atoms with Crippen LogP contribution in [0.4, 0.5) is 5.13 Å². The second kappa shape index (κ2) is 6.09. The lowest BCUT2D eigenvalue weighted by molar-refractivity contribution is 0.0995. The lowest BCUT2D eigenvalue weighted by Crippen LogP contribution is -2.10. The number of thioether (sulfide) groups is 1. The Labute approximate surface area is 134 Å². The number of amides is 1. The summed E-state index contributed by atoms with van der Waals surface area (Å²) in [7, 11) is 0. The molecule has 0 saturated heterocycles. The van der Waals surface area contributed by atoms with Crippen molar-refractivity contribution in [3.05, 3.63) is 46.9 Å². The summed E-state index contributed by atoms with van der Waals surface area (Å²) >= 11 is 8.95. The van der Waals surface area contributed by atoms with Crippen molar-refractivity contribution in [1.82, 2.24) is 4.98 Å². The minimum absolute atomic E-state index is 0.288. The Morgan fingerprint density at radius 1 is 1.43 bits per heavy atom. The third-order valence-electron chi connectivity index (χ3n) is 2.74. The van der Waals surface area contributed by atoms with Crippen molar-refractivity contribution in [2.75, 3.05) is 11.6 Å². The Morgan fingerprint density at radius 2 is 2.29 bits per heavy atom. The highest BCUT2D eigenvalue weighted by molar-refractivity contribution is 7.97. The van der Waals surface area contributed by atoms with Crippen molar-refractivity contribution >= 4 is 56.0 Å². The van der Waals surface area contributed by atoms with E-state index in [1.54, 1.807) is 23.9 Å². The number of aromatic nitrogens is 1. The molecule has 3 aromatic rings. The van der Waals surface area contributed by atoms with Crippen LogP contribution in [-0.4, -0.2) is 17.1 Å². The van der Waals surface area contributed by atoms with Gasteiger partial charge in [-0.2, -0.15) is 11.8 Å². The smallest absolute Gasteiger partial charge is 0.293 e. The third-order valence-corrected chi connectivity index (χ3v) is 4.48. The molecule has 0 aliphatic rings. The summed E-state index contributed by atoms with van der Waals surface area (Å²) in [6, 6.07) is 8.91. The molecule has 4 nitrogen and oxygen atoms in total. The molecule has 0 spiro atoms. The Morgan fingerprint density at radius 3 is 3.10 bits per heavy atom. The number of halogens is 1. The Kier molecular flexibility index (Phi) is 4.19.